The van der Waals surface area contributed by atoms with Crippen molar-refractivity contribution in [1.29, 1.82) is 0 Å². The molecule has 0 spiro atoms. The Hall–Kier alpha value is -2.14. The first kappa shape index (κ1) is 11.0. The first-order valence-corrected chi connectivity index (χ1v) is 6.23. The molecule has 0 aliphatic rings. The number of nitrogens with two attached hydrogens (primary N) is 1. The molecular weight excluding hydrogens is 244 g/mol. The summed E-state index contributed by atoms with van der Waals surface area (Å²) in [5, 5.41) is 2.83. The Morgan fingerprint density at radius 3 is 2.78 bits per heavy atom. The van der Waals surface area contributed by atoms with E-state index in [1.807, 2.05) is 36.4 Å². The molecule has 2 aromatic heterocycles. The fourth-order valence-electron chi connectivity index (χ4n) is 1.63. The molecule has 0 aliphatic heterocycles. The maximum absolute atomic E-state index is 5.74. The molecule has 18 heavy (non-hydrogen) atoms. The summed E-state index contributed by atoms with van der Waals surface area (Å²) in [4.78, 5) is 12.6. The Bertz CT molecular complexity index is 685. The molecule has 0 saturated heterocycles. The maximum Gasteiger partial charge on any atom is 0.116 e. The number of hydrogen-bond acceptors (Lipinski definition) is 5. The molecule has 2 N–H and O–H groups in total. The number of hydrogen-bond donors (Lipinski definition) is 1. The minimum atomic E-state index is 0.750. The highest BCUT2D eigenvalue weighted by Gasteiger charge is 2.02. The SMILES string of the molecule is Nc1ccc2nc(Sc3ccncn3)ccc2c1. The third-order valence-electron chi connectivity index (χ3n) is 2.45. The van der Waals surface area contributed by atoms with Gasteiger partial charge in [0.25, 0.3) is 0 Å². The van der Waals surface area contributed by atoms with E-state index in [2.05, 4.69) is 15.0 Å². The van der Waals surface area contributed by atoms with Crippen LogP contribution in [-0.2, 0) is 0 Å². The second-order valence-electron chi connectivity index (χ2n) is 3.75. The van der Waals surface area contributed by atoms with Crippen LogP contribution in [0.1, 0.15) is 0 Å². The number of aromatic nitrogens is 3. The van der Waals surface area contributed by atoms with E-state index < -0.39 is 0 Å². The molecule has 0 bridgehead atoms. The first-order chi connectivity index (χ1) is 8.81. The van der Waals surface area contributed by atoms with Crippen LogP contribution in [0.15, 0.2) is 59.0 Å². The molecule has 0 amide bonds. The normalized spacial score (nSPS) is 10.7. The van der Waals surface area contributed by atoms with Crippen molar-refractivity contribution in [3.8, 4) is 0 Å². The van der Waals surface area contributed by atoms with Gasteiger partial charge in [0.15, 0.2) is 0 Å². The summed E-state index contributed by atoms with van der Waals surface area (Å²) in [6.07, 6.45) is 3.25. The third-order valence-corrected chi connectivity index (χ3v) is 3.34. The van der Waals surface area contributed by atoms with Crippen LogP contribution >= 0.6 is 11.8 Å². The van der Waals surface area contributed by atoms with Crippen molar-refractivity contribution >= 4 is 28.4 Å². The fraction of sp³-hybridized carbons (Fsp3) is 0. The monoisotopic (exact) mass is 254 g/mol. The van der Waals surface area contributed by atoms with Crippen molar-refractivity contribution < 1.29 is 0 Å². The Balaban J connectivity index is 1.96. The minimum Gasteiger partial charge on any atom is -0.399 e. The Labute approximate surface area is 108 Å². The quantitative estimate of drug-likeness (QED) is 0.562. The van der Waals surface area contributed by atoms with E-state index in [1.165, 1.54) is 18.1 Å². The molecule has 3 rings (SSSR count). The number of anilines is 1. The molecule has 4 nitrogen and oxygen atoms in total. The second-order valence-corrected chi connectivity index (χ2v) is 4.79. The van der Waals surface area contributed by atoms with Gasteiger partial charge in [-0.3, -0.25) is 0 Å². The van der Waals surface area contributed by atoms with Crippen LogP contribution in [0.3, 0.4) is 0 Å². The van der Waals surface area contributed by atoms with Crippen molar-refractivity contribution in [2.45, 2.75) is 10.1 Å². The zero-order valence-corrected chi connectivity index (χ0v) is 10.3. The summed E-state index contributed by atoms with van der Waals surface area (Å²) in [5.74, 6) is 0. The highest BCUT2D eigenvalue weighted by Crippen LogP contribution is 2.26. The largest absolute Gasteiger partial charge is 0.399 e. The van der Waals surface area contributed by atoms with Crippen molar-refractivity contribution in [2.75, 3.05) is 5.73 Å². The van der Waals surface area contributed by atoms with E-state index >= 15 is 0 Å². The molecule has 0 atom stereocenters. The van der Waals surface area contributed by atoms with Crippen molar-refractivity contribution in [3.05, 3.63) is 48.9 Å². The lowest BCUT2D eigenvalue weighted by molar-refractivity contribution is 1.04. The number of nitrogens with zero attached hydrogens (tertiary/aromatic N) is 3. The summed E-state index contributed by atoms with van der Waals surface area (Å²) >= 11 is 1.51. The number of rotatable bonds is 2. The second kappa shape index (κ2) is 4.62. The zero-order valence-electron chi connectivity index (χ0n) is 9.45. The van der Waals surface area contributed by atoms with E-state index in [9.17, 15) is 0 Å². The molecule has 5 heteroatoms. The lowest BCUT2D eigenvalue weighted by Gasteiger charge is -2.02. The number of nitrogen functional groups attached to an aromatic ring is 1. The lowest BCUT2D eigenvalue weighted by atomic mass is 10.2. The van der Waals surface area contributed by atoms with Crippen LogP contribution < -0.4 is 5.73 Å². The van der Waals surface area contributed by atoms with Crippen LogP contribution in [0.25, 0.3) is 10.9 Å². The van der Waals surface area contributed by atoms with Crippen LogP contribution in [-0.4, -0.2) is 15.0 Å². The van der Waals surface area contributed by atoms with Gasteiger partial charge in [-0.1, -0.05) is 6.07 Å². The fourth-order valence-corrected chi connectivity index (χ4v) is 2.35. The highest BCUT2D eigenvalue weighted by atomic mass is 32.2. The van der Waals surface area contributed by atoms with Gasteiger partial charge in [0.1, 0.15) is 16.4 Å². The summed E-state index contributed by atoms with van der Waals surface area (Å²) in [6, 6.07) is 11.5. The van der Waals surface area contributed by atoms with Crippen LogP contribution in [0, 0.1) is 0 Å². The van der Waals surface area contributed by atoms with Crippen molar-refractivity contribution in [2.24, 2.45) is 0 Å². The average Bonchev–Trinajstić information content (AvgIpc) is 2.40. The number of fused-ring (bicyclic) bond motifs is 1. The molecule has 88 valence electrons. The van der Waals surface area contributed by atoms with Gasteiger partial charge in [-0.25, -0.2) is 15.0 Å². The predicted octanol–water partition coefficient (Wildman–Crippen LogP) is 2.76. The van der Waals surface area contributed by atoms with Crippen LogP contribution in [0.2, 0.25) is 0 Å². The van der Waals surface area contributed by atoms with E-state index in [0.29, 0.717) is 0 Å². The molecule has 1 aromatic carbocycles. The van der Waals surface area contributed by atoms with E-state index in [4.69, 9.17) is 5.73 Å². The Morgan fingerprint density at radius 1 is 1.00 bits per heavy atom. The lowest BCUT2D eigenvalue weighted by Crippen LogP contribution is -1.87. The molecule has 0 fully saturated rings. The van der Waals surface area contributed by atoms with Gasteiger partial charge in [-0.15, -0.1) is 0 Å². The molecule has 0 unspecified atom stereocenters. The Kier molecular flexibility index (Phi) is 2.82. The van der Waals surface area contributed by atoms with E-state index in [1.54, 1.807) is 6.20 Å². The summed E-state index contributed by atoms with van der Waals surface area (Å²) in [6.45, 7) is 0. The zero-order chi connectivity index (χ0) is 12.4. The van der Waals surface area contributed by atoms with Crippen LogP contribution in [0.5, 0.6) is 0 Å². The van der Waals surface area contributed by atoms with Gasteiger partial charge in [-0.05, 0) is 42.1 Å². The summed E-state index contributed by atoms with van der Waals surface area (Å²) in [5.41, 5.74) is 7.42. The van der Waals surface area contributed by atoms with Gasteiger partial charge in [0.05, 0.1) is 5.52 Å². The molecule has 3 aromatic rings. The topological polar surface area (TPSA) is 64.7 Å². The molecule has 0 saturated carbocycles. The Morgan fingerprint density at radius 2 is 1.94 bits per heavy atom. The molecule has 2 heterocycles. The van der Waals surface area contributed by atoms with Gasteiger partial charge < -0.3 is 5.73 Å². The predicted molar refractivity (Wildman–Crippen MR) is 72.3 cm³/mol. The first-order valence-electron chi connectivity index (χ1n) is 5.41. The van der Waals surface area contributed by atoms with Gasteiger partial charge in [0.2, 0.25) is 0 Å². The van der Waals surface area contributed by atoms with E-state index in [-0.39, 0.29) is 0 Å². The third kappa shape index (κ3) is 2.26. The molecule has 0 radical (unpaired) electrons. The van der Waals surface area contributed by atoms with Crippen molar-refractivity contribution in [3.63, 3.8) is 0 Å². The van der Waals surface area contributed by atoms with E-state index in [0.717, 1.165) is 26.6 Å². The van der Waals surface area contributed by atoms with Crippen molar-refractivity contribution in [1.82, 2.24) is 15.0 Å². The average molecular weight is 254 g/mol. The smallest absolute Gasteiger partial charge is 0.116 e. The molecular formula is C13H10N4S. The number of benzene rings is 1. The maximum atomic E-state index is 5.74. The summed E-state index contributed by atoms with van der Waals surface area (Å²) in [7, 11) is 0. The standard InChI is InChI=1S/C13H10N4S/c14-10-2-3-11-9(7-10)1-4-13(17-11)18-12-5-6-15-8-16-12/h1-8H,14H2. The highest BCUT2D eigenvalue weighted by molar-refractivity contribution is 7.99. The minimum absolute atomic E-state index is 0.750. The number of pyridine rings is 1. The van der Waals surface area contributed by atoms with Gasteiger partial charge in [0, 0.05) is 17.3 Å². The van der Waals surface area contributed by atoms with Gasteiger partial charge in [-0.2, -0.15) is 0 Å². The van der Waals surface area contributed by atoms with Gasteiger partial charge >= 0.3 is 0 Å². The van der Waals surface area contributed by atoms with Crippen LogP contribution in [0.4, 0.5) is 5.69 Å². The molecule has 0 aliphatic carbocycles. The summed E-state index contributed by atoms with van der Waals surface area (Å²) < 4.78 is 0.